The highest BCUT2D eigenvalue weighted by Crippen LogP contribution is 2.22. The molecule has 0 amide bonds. The molecule has 1 aromatic heterocycles. The number of hydrogen-bond donors (Lipinski definition) is 1. The average molecular weight is 252 g/mol. The molecule has 5 nitrogen and oxygen atoms in total. The maximum absolute atomic E-state index is 5.34. The Kier molecular flexibility index (Phi) is 4.72. The number of nitrogens with zero attached hydrogens (tertiary/aromatic N) is 3. The minimum absolute atomic E-state index is 0.572. The third-order valence-electron chi connectivity index (χ3n) is 3.60. The molecule has 1 fully saturated rings. The highest BCUT2D eigenvalue weighted by Gasteiger charge is 2.28. The Bertz CT molecular complexity index is 364. The number of hydrogen-bond acceptors (Lipinski definition) is 5. The highest BCUT2D eigenvalue weighted by atomic mass is 16.5. The van der Waals surface area contributed by atoms with Crippen LogP contribution in [0.25, 0.3) is 0 Å². The molecular formula is C13H24N4O. The van der Waals surface area contributed by atoms with E-state index in [0.717, 1.165) is 31.1 Å². The second-order valence-corrected chi connectivity index (χ2v) is 5.29. The van der Waals surface area contributed by atoms with E-state index >= 15 is 0 Å². The van der Waals surface area contributed by atoms with Gasteiger partial charge in [-0.3, -0.25) is 4.90 Å². The number of nitrogens with one attached hydrogen (secondary N) is 1. The zero-order valence-corrected chi connectivity index (χ0v) is 11.6. The van der Waals surface area contributed by atoms with Crippen molar-refractivity contribution in [2.45, 2.75) is 51.6 Å². The number of likely N-dealkylation sites (N-methyl/N-ethyl adjacent to an activating group) is 1. The third-order valence-corrected chi connectivity index (χ3v) is 3.60. The molecule has 102 valence electrons. The van der Waals surface area contributed by atoms with Gasteiger partial charge in [-0.25, -0.2) is 0 Å². The molecule has 0 aliphatic carbocycles. The Hall–Kier alpha value is -0.940. The van der Waals surface area contributed by atoms with Crippen molar-refractivity contribution in [3.8, 4) is 0 Å². The van der Waals surface area contributed by atoms with Crippen molar-refractivity contribution in [2.24, 2.45) is 0 Å². The third kappa shape index (κ3) is 3.29. The number of rotatable bonds is 6. The van der Waals surface area contributed by atoms with Crippen LogP contribution in [-0.2, 0) is 12.8 Å². The van der Waals surface area contributed by atoms with Gasteiger partial charge in [-0.15, -0.1) is 0 Å². The summed E-state index contributed by atoms with van der Waals surface area (Å²) >= 11 is 0. The van der Waals surface area contributed by atoms with Gasteiger partial charge in [0, 0.05) is 31.5 Å². The van der Waals surface area contributed by atoms with E-state index in [1.165, 1.54) is 19.4 Å². The maximum Gasteiger partial charge on any atom is 0.228 e. The van der Waals surface area contributed by atoms with Gasteiger partial charge in [0.05, 0.1) is 0 Å². The van der Waals surface area contributed by atoms with Crippen molar-refractivity contribution < 1.29 is 4.52 Å². The van der Waals surface area contributed by atoms with Crippen LogP contribution in [0.4, 0.5) is 0 Å². The summed E-state index contributed by atoms with van der Waals surface area (Å²) in [6, 6.07) is 1.17. The molecule has 1 aromatic rings. The van der Waals surface area contributed by atoms with Crippen LogP contribution < -0.4 is 5.32 Å². The van der Waals surface area contributed by atoms with Crippen LogP contribution in [0.1, 0.15) is 38.4 Å². The summed E-state index contributed by atoms with van der Waals surface area (Å²) < 4.78 is 5.34. The molecule has 0 spiro atoms. The molecule has 0 bridgehead atoms. The van der Waals surface area contributed by atoms with Crippen molar-refractivity contribution in [1.29, 1.82) is 0 Å². The summed E-state index contributed by atoms with van der Waals surface area (Å²) in [6.45, 7) is 6.60. The summed E-state index contributed by atoms with van der Waals surface area (Å²) in [5.74, 6) is 1.60. The van der Waals surface area contributed by atoms with Crippen LogP contribution in [0.15, 0.2) is 4.52 Å². The number of aromatic nitrogens is 2. The molecule has 1 unspecified atom stereocenters. The van der Waals surface area contributed by atoms with Crippen LogP contribution in [0.3, 0.4) is 0 Å². The second kappa shape index (κ2) is 6.29. The minimum atomic E-state index is 0.572. The molecule has 0 radical (unpaired) electrons. The Balaban J connectivity index is 1.90. The van der Waals surface area contributed by atoms with Crippen molar-refractivity contribution in [3.63, 3.8) is 0 Å². The maximum atomic E-state index is 5.34. The molecule has 1 N–H and O–H groups in total. The first-order chi connectivity index (χ1) is 8.70. The summed E-state index contributed by atoms with van der Waals surface area (Å²) in [4.78, 5) is 7.00. The molecule has 2 heterocycles. The largest absolute Gasteiger partial charge is 0.339 e. The highest BCUT2D eigenvalue weighted by molar-refractivity contribution is 4.93. The Morgan fingerprint density at radius 3 is 3.06 bits per heavy atom. The average Bonchev–Trinajstić information content (AvgIpc) is 2.96. The van der Waals surface area contributed by atoms with E-state index in [0.29, 0.717) is 12.1 Å². The minimum Gasteiger partial charge on any atom is -0.339 e. The van der Waals surface area contributed by atoms with Crippen molar-refractivity contribution in [1.82, 2.24) is 20.4 Å². The van der Waals surface area contributed by atoms with Gasteiger partial charge in [-0.05, 0) is 40.3 Å². The van der Waals surface area contributed by atoms with Crippen LogP contribution in [0.2, 0.25) is 0 Å². The van der Waals surface area contributed by atoms with Crippen molar-refractivity contribution in [2.75, 3.05) is 20.1 Å². The predicted octanol–water partition coefficient (Wildman–Crippen LogP) is 1.25. The lowest BCUT2D eigenvalue weighted by molar-refractivity contribution is 0.192. The van der Waals surface area contributed by atoms with Crippen molar-refractivity contribution >= 4 is 0 Å². The van der Waals surface area contributed by atoms with Gasteiger partial charge in [0.1, 0.15) is 0 Å². The van der Waals surface area contributed by atoms with Crippen molar-refractivity contribution in [3.05, 3.63) is 11.7 Å². The molecule has 0 aromatic carbocycles. The van der Waals surface area contributed by atoms with E-state index in [9.17, 15) is 0 Å². The molecule has 1 aliphatic heterocycles. The normalized spacial score (nSPS) is 21.0. The number of likely N-dealkylation sites (tertiary alicyclic amines) is 1. The van der Waals surface area contributed by atoms with Gasteiger partial charge in [0.25, 0.3) is 0 Å². The fraction of sp³-hybridized carbons (Fsp3) is 0.846. The Morgan fingerprint density at radius 2 is 2.33 bits per heavy atom. The second-order valence-electron chi connectivity index (χ2n) is 5.29. The predicted molar refractivity (Wildman–Crippen MR) is 70.5 cm³/mol. The summed E-state index contributed by atoms with van der Waals surface area (Å²) in [6.07, 6.45) is 4.25. The monoisotopic (exact) mass is 252 g/mol. The van der Waals surface area contributed by atoms with Gasteiger partial charge >= 0.3 is 0 Å². The van der Waals surface area contributed by atoms with Gasteiger partial charge in [0.15, 0.2) is 5.82 Å². The van der Waals surface area contributed by atoms with E-state index in [-0.39, 0.29) is 0 Å². The quantitative estimate of drug-likeness (QED) is 0.825. The van der Waals surface area contributed by atoms with Crippen LogP contribution in [-0.4, -0.2) is 47.3 Å². The molecule has 18 heavy (non-hydrogen) atoms. The zero-order valence-electron chi connectivity index (χ0n) is 11.6. The van der Waals surface area contributed by atoms with Gasteiger partial charge in [-0.2, -0.15) is 4.98 Å². The lowest BCUT2D eigenvalue weighted by atomic mass is 10.1. The molecular weight excluding hydrogens is 228 g/mol. The summed E-state index contributed by atoms with van der Waals surface area (Å²) in [5, 5.41) is 7.11. The van der Waals surface area contributed by atoms with Gasteiger partial charge in [-0.1, -0.05) is 5.16 Å². The van der Waals surface area contributed by atoms with E-state index in [2.05, 4.69) is 34.2 Å². The van der Waals surface area contributed by atoms with E-state index in [4.69, 9.17) is 4.52 Å². The smallest absolute Gasteiger partial charge is 0.228 e. The lowest BCUT2D eigenvalue weighted by Gasteiger charge is -2.27. The first-order valence-electron chi connectivity index (χ1n) is 6.92. The fourth-order valence-corrected chi connectivity index (χ4v) is 2.67. The SMILES string of the molecule is CNCCc1noc(CC2CCCN2C(C)C)n1. The topological polar surface area (TPSA) is 54.2 Å². The molecule has 0 saturated carbocycles. The standard InChI is InChI=1S/C13H24N4O/c1-10(2)17-8-4-5-11(17)9-13-15-12(16-18-13)6-7-14-3/h10-11,14H,4-9H2,1-3H3. The Labute approximate surface area is 109 Å². The molecule has 1 aliphatic rings. The van der Waals surface area contributed by atoms with Gasteiger partial charge in [0.2, 0.25) is 5.89 Å². The first kappa shape index (κ1) is 13.5. The Morgan fingerprint density at radius 1 is 1.50 bits per heavy atom. The molecule has 2 rings (SSSR count). The van der Waals surface area contributed by atoms with E-state index in [1.807, 2.05) is 7.05 Å². The van der Waals surface area contributed by atoms with Crippen LogP contribution in [0.5, 0.6) is 0 Å². The lowest BCUT2D eigenvalue weighted by Crippen LogP contribution is -2.36. The molecule has 5 heteroatoms. The first-order valence-corrected chi connectivity index (χ1v) is 6.92. The van der Waals surface area contributed by atoms with Crippen LogP contribution in [0, 0.1) is 0 Å². The summed E-state index contributed by atoms with van der Waals surface area (Å²) in [5.41, 5.74) is 0. The van der Waals surface area contributed by atoms with Crippen LogP contribution >= 0.6 is 0 Å². The molecule has 1 atom stereocenters. The van der Waals surface area contributed by atoms with E-state index in [1.54, 1.807) is 0 Å². The van der Waals surface area contributed by atoms with Gasteiger partial charge < -0.3 is 9.84 Å². The fourth-order valence-electron chi connectivity index (χ4n) is 2.67. The van der Waals surface area contributed by atoms with E-state index < -0.39 is 0 Å². The summed E-state index contributed by atoms with van der Waals surface area (Å²) in [7, 11) is 1.93. The molecule has 1 saturated heterocycles. The zero-order chi connectivity index (χ0) is 13.0.